The summed E-state index contributed by atoms with van der Waals surface area (Å²) >= 11 is 0. The van der Waals surface area contributed by atoms with Crippen LogP contribution in [0.1, 0.15) is 5.56 Å². The molecular formula is C18H16FNO4. The minimum atomic E-state index is -0.486. The molecule has 0 saturated heterocycles. The largest absolute Gasteiger partial charge is 0.493 e. The van der Waals surface area contributed by atoms with Gasteiger partial charge in [0.1, 0.15) is 19.0 Å². The highest BCUT2D eigenvalue weighted by Crippen LogP contribution is 2.40. The van der Waals surface area contributed by atoms with Crippen molar-refractivity contribution in [3.63, 3.8) is 0 Å². The van der Waals surface area contributed by atoms with Crippen molar-refractivity contribution in [2.45, 2.75) is 0 Å². The summed E-state index contributed by atoms with van der Waals surface area (Å²) in [5.41, 5.74) is 0.840. The zero-order valence-electron chi connectivity index (χ0n) is 13.0. The second kappa shape index (κ2) is 7.04. The van der Waals surface area contributed by atoms with E-state index in [-0.39, 0.29) is 5.69 Å². The Hall–Kier alpha value is -3.02. The number of nitrogens with one attached hydrogen (secondary N) is 1. The number of para-hydroxylation sites is 1. The van der Waals surface area contributed by atoms with Gasteiger partial charge < -0.3 is 19.5 Å². The third-order valence-electron chi connectivity index (χ3n) is 3.41. The molecule has 0 bridgehead atoms. The van der Waals surface area contributed by atoms with Crippen molar-refractivity contribution in [3.05, 3.63) is 53.9 Å². The summed E-state index contributed by atoms with van der Waals surface area (Å²) in [6, 6.07) is 9.47. The van der Waals surface area contributed by atoms with Gasteiger partial charge in [-0.1, -0.05) is 12.1 Å². The predicted octanol–water partition coefficient (Wildman–Crippen LogP) is 3.26. The number of carbonyl (C=O) groups is 1. The molecule has 0 fully saturated rings. The second-order valence-corrected chi connectivity index (χ2v) is 5.05. The lowest BCUT2D eigenvalue weighted by atomic mass is 10.1. The fourth-order valence-electron chi connectivity index (χ4n) is 2.30. The van der Waals surface area contributed by atoms with Crippen LogP contribution in [-0.4, -0.2) is 26.2 Å². The topological polar surface area (TPSA) is 56.8 Å². The summed E-state index contributed by atoms with van der Waals surface area (Å²) < 4.78 is 29.9. The lowest BCUT2D eigenvalue weighted by molar-refractivity contribution is -0.111. The molecule has 0 radical (unpaired) electrons. The number of hydrogen-bond donors (Lipinski definition) is 1. The number of amides is 1. The van der Waals surface area contributed by atoms with Crippen LogP contribution in [0.15, 0.2) is 42.5 Å². The Morgan fingerprint density at radius 3 is 2.83 bits per heavy atom. The number of hydrogen-bond acceptors (Lipinski definition) is 4. The van der Waals surface area contributed by atoms with E-state index >= 15 is 0 Å². The van der Waals surface area contributed by atoms with Gasteiger partial charge in [-0.25, -0.2) is 4.39 Å². The number of ether oxygens (including phenoxy) is 3. The Balaban J connectivity index is 1.76. The van der Waals surface area contributed by atoms with Gasteiger partial charge in [-0.2, -0.15) is 0 Å². The van der Waals surface area contributed by atoms with E-state index in [9.17, 15) is 9.18 Å². The van der Waals surface area contributed by atoms with Crippen molar-refractivity contribution in [1.29, 1.82) is 0 Å². The van der Waals surface area contributed by atoms with E-state index in [0.29, 0.717) is 36.0 Å². The fourth-order valence-corrected chi connectivity index (χ4v) is 2.30. The smallest absolute Gasteiger partial charge is 0.248 e. The van der Waals surface area contributed by atoms with Crippen LogP contribution in [0.5, 0.6) is 17.2 Å². The summed E-state index contributed by atoms with van der Waals surface area (Å²) in [6.45, 7) is 0.917. The van der Waals surface area contributed by atoms with E-state index in [4.69, 9.17) is 14.2 Å². The van der Waals surface area contributed by atoms with Crippen LogP contribution in [0.2, 0.25) is 0 Å². The molecule has 2 aromatic rings. The zero-order valence-corrected chi connectivity index (χ0v) is 13.0. The first-order chi connectivity index (χ1) is 11.7. The average Bonchev–Trinajstić information content (AvgIpc) is 2.61. The monoisotopic (exact) mass is 329 g/mol. The maximum absolute atomic E-state index is 13.5. The van der Waals surface area contributed by atoms with Crippen LogP contribution in [0.25, 0.3) is 6.08 Å². The summed E-state index contributed by atoms with van der Waals surface area (Å²) in [5, 5.41) is 2.48. The summed E-state index contributed by atoms with van der Waals surface area (Å²) in [4.78, 5) is 11.9. The van der Waals surface area contributed by atoms with Crippen molar-refractivity contribution < 1.29 is 23.4 Å². The molecule has 3 rings (SSSR count). The van der Waals surface area contributed by atoms with Crippen molar-refractivity contribution in [1.82, 2.24) is 0 Å². The summed E-state index contributed by atoms with van der Waals surface area (Å²) in [6.07, 6.45) is 2.91. The SMILES string of the molecule is COc1cc(/C=C/C(=O)Nc2ccccc2F)cc2c1OCCO2. The van der Waals surface area contributed by atoms with Gasteiger partial charge in [-0.3, -0.25) is 4.79 Å². The van der Waals surface area contributed by atoms with Crippen LogP contribution in [0.3, 0.4) is 0 Å². The van der Waals surface area contributed by atoms with Gasteiger partial charge in [0.2, 0.25) is 11.7 Å². The number of halogens is 1. The average molecular weight is 329 g/mol. The normalized spacial score (nSPS) is 12.9. The molecule has 1 aliphatic heterocycles. The molecule has 1 aliphatic rings. The molecule has 0 unspecified atom stereocenters. The van der Waals surface area contributed by atoms with Gasteiger partial charge in [0.25, 0.3) is 0 Å². The van der Waals surface area contributed by atoms with Crippen molar-refractivity contribution in [2.24, 2.45) is 0 Å². The molecule has 0 aliphatic carbocycles. The predicted molar refractivity (Wildman–Crippen MR) is 88.0 cm³/mol. The lowest BCUT2D eigenvalue weighted by Gasteiger charge is -2.20. The van der Waals surface area contributed by atoms with Gasteiger partial charge in [0.05, 0.1) is 12.8 Å². The Kier molecular flexibility index (Phi) is 4.65. The molecule has 1 N–H and O–H groups in total. The minimum absolute atomic E-state index is 0.131. The first-order valence-electron chi connectivity index (χ1n) is 7.38. The first-order valence-corrected chi connectivity index (χ1v) is 7.38. The molecule has 0 spiro atoms. The fraction of sp³-hybridized carbons (Fsp3) is 0.167. The number of benzene rings is 2. The standard InChI is InChI=1S/C18H16FNO4/c1-22-15-10-12(11-16-18(15)24-9-8-23-16)6-7-17(21)20-14-5-3-2-4-13(14)19/h2-7,10-11H,8-9H2,1H3,(H,20,21)/b7-6+. The number of methoxy groups -OCH3 is 1. The highest BCUT2D eigenvalue weighted by atomic mass is 19.1. The molecule has 1 amide bonds. The highest BCUT2D eigenvalue weighted by molar-refractivity contribution is 6.02. The third kappa shape index (κ3) is 3.48. The van der Waals surface area contributed by atoms with E-state index in [1.54, 1.807) is 30.3 Å². The van der Waals surface area contributed by atoms with E-state index in [1.807, 2.05) is 0 Å². The molecular weight excluding hydrogens is 313 g/mol. The van der Waals surface area contributed by atoms with Gasteiger partial charge in [-0.15, -0.1) is 0 Å². The first kappa shape index (κ1) is 15.9. The molecule has 6 heteroatoms. The molecule has 1 heterocycles. The number of rotatable bonds is 4. The van der Waals surface area contributed by atoms with Crippen molar-refractivity contribution in [3.8, 4) is 17.2 Å². The molecule has 0 saturated carbocycles. The molecule has 0 aromatic heterocycles. The van der Waals surface area contributed by atoms with Crippen LogP contribution in [0, 0.1) is 5.82 Å². The molecule has 5 nitrogen and oxygen atoms in total. The Morgan fingerprint density at radius 2 is 2.04 bits per heavy atom. The summed E-state index contributed by atoms with van der Waals surface area (Å²) in [5.74, 6) is 0.724. The lowest BCUT2D eigenvalue weighted by Crippen LogP contribution is -2.16. The van der Waals surface area contributed by atoms with E-state index < -0.39 is 11.7 Å². The molecule has 0 atom stereocenters. The minimum Gasteiger partial charge on any atom is -0.493 e. The quantitative estimate of drug-likeness (QED) is 0.875. The van der Waals surface area contributed by atoms with Crippen LogP contribution < -0.4 is 19.5 Å². The third-order valence-corrected chi connectivity index (χ3v) is 3.41. The number of anilines is 1. The van der Waals surface area contributed by atoms with Crippen molar-refractivity contribution in [2.75, 3.05) is 25.6 Å². The molecule has 24 heavy (non-hydrogen) atoms. The maximum atomic E-state index is 13.5. The molecule has 2 aromatic carbocycles. The van der Waals surface area contributed by atoms with Crippen LogP contribution in [0.4, 0.5) is 10.1 Å². The van der Waals surface area contributed by atoms with Crippen LogP contribution >= 0.6 is 0 Å². The summed E-state index contributed by atoms with van der Waals surface area (Å²) in [7, 11) is 1.53. The van der Waals surface area contributed by atoms with E-state index in [0.717, 1.165) is 0 Å². The highest BCUT2D eigenvalue weighted by Gasteiger charge is 2.17. The molecule has 124 valence electrons. The maximum Gasteiger partial charge on any atom is 0.248 e. The van der Waals surface area contributed by atoms with E-state index in [1.165, 1.54) is 25.3 Å². The number of carbonyl (C=O) groups excluding carboxylic acids is 1. The van der Waals surface area contributed by atoms with Crippen LogP contribution in [-0.2, 0) is 4.79 Å². The van der Waals surface area contributed by atoms with Gasteiger partial charge in [0.15, 0.2) is 11.5 Å². The van der Waals surface area contributed by atoms with Crippen molar-refractivity contribution >= 4 is 17.7 Å². The second-order valence-electron chi connectivity index (χ2n) is 5.05. The van der Waals surface area contributed by atoms with Gasteiger partial charge in [0, 0.05) is 6.08 Å². The Bertz CT molecular complexity index is 771. The number of fused-ring (bicyclic) bond motifs is 1. The Labute approximate surface area is 138 Å². The van der Waals surface area contributed by atoms with Gasteiger partial charge >= 0.3 is 0 Å². The zero-order chi connectivity index (χ0) is 16.9. The van der Waals surface area contributed by atoms with E-state index in [2.05, 4.69) is 5.32 Å². The Morgan fingerprint density at radius 1 is 1.25 bits per heavy atom. The van der Waals surface area contributed by atoms with Gasteiger partial charge in [-0.05, 0) is 35.9 Å².